The maximum atomic E-state index is 13.4. The fourth-order valence-electron chi connectivity index (χ4n) is 3.49. The van der Waals surface area contributed by atoms with E-state index in [-0.39, 0.29) is 11.0 Å². The first-order valence-electron chi connectivity index (χ1n) is 9.12. The average Bonchev–Trinajstić information content (AvgIpc) is 2.96. The maximum absolute atomic E-state index is 13.4. The first-order chi connectivity index (χ1) is 13.0. The first-order valence-corrected chi connectivity index (χ1v) is 9.12. The van der Waals surface area contributed by atoms with E-state index in [0.29, 0.717) is 17.7 Å². The fraction of sp³-hybridized carbons (Fsp3) is 0.364. The van der Waals surface area contributed by atoms with Crippen LogP contribution in [0.25, 0.3) is 22.0 Å². The minimum atomic E-state index is -4.44. The maximum Gasteiger partial charge on any atom is 0.417 e. The molecule has 0 aliphatic rings. The van der Waals surface area contributed by atoms with Crippen LogP contribution >= 0.6 is 0 Å². The van der Waals surface area contributed by atoms with Crippen LogP contribution in [0.5, 0.6) is 0 Å². The molecule has 0 aliphatic carbocycles. The molecule has 2 nitrogen and oxygen atoms in total. The monoisotopic (exact) mass is 392 g/mol. The second-order valence-electron chi connectivity index (χ2n) is 8.31. The van der Waals surface area contributed by atoms with Crippen molar-refractivity contribution in [2.24, 2.45) is 11.1 Å². The minimum Gasteiger partial charge on any atom is -0.347 e. The molecule has 0 amide bonds. The third-order valence-electron chi connectivity index (χ3n) is 4.67. The van der Waals surface area contributed by atoms with Gasteiger partial charge < -0.3 is 10.3 Å². The van der Waals surface area contributed by atoms with Gasteiger partial charge in [0.05, 0.1) is 11.6 Å². The van der Waals surface area contributed by atoms with Gasteiger partial charge in [-0.15, -0.1) is 0 Å². The Morgan fingerprint density at radius 1 is 1.04 bits per heavy atom. The van der Waals surface area contributed by atoms with Crippen molar-refractivity contribution in [3.8, 4) is 11.1 Å². The van der Waals surface area contributed by atoms with E-state index >= 15 is 0 Å². The lowest BCUT2D eigenvalue weighted by Crippen LogP contribution is -2.15. The van der Waals surface area contributed by atoms with Crippen molar-refractivity contribution >= 4 is 10.9 Å². The zero-order valence-corrected chi connectivity index (χ0v) is 16.1. The van der Waals surface area contributed by atoms with E-state index < -0.39 is 24.5 Å². The van der Waals surface area contributed by atoms with Crippen LogP contribution in [0.1, 0.15) is 37.9 Å². The molecule has 2 N–H and O–H groups in total. The Labute approximate surface area is 162 Å². The van der Waals surface area contributed by atoms with Gasteiger partial charge in [-0.25, -0.2) is 4.39 Å². The number of rotatable bonds is 4. The summed E-state index contributed by atoms with van der Waals surface area (Å²) in [6.45, 7) is 6.13. The van der Waals surface area contributed by atoms with Crippen LogP contribution in [0, 0.1) is 5.41 Å². The summed E-state index contributed by atoms with van der Waals surface area (Å²) in [5.41, 5.74) is 7.19. The Morgan fingerprint density at radius 2 is 1.71 bits per heavy atom. The molecule has 1 aromatic heterocycles. The smallest absolute Gasteiger partial charge is 0.347 e. The molecule has 0 aliphatic heterocycles. The highest BCUT2D eigenvalue weighted by molar-refractivity contribution is 5.89. The molecule has 2 aromatic carbocycles. The van der Waals surface area contributed by atoms with Gasteiger partial charge in [-0.2, -0.15) is 13.2 Å². The molecule has 1 heterocycles. The van der Waals surface area contributed by atoms with Gasteiger partial charge in [0.2, 0.25) is 0 Å². The van der Waals surface area contributed by atoms with Crippen LogP contribution in [0.2, 0.25) is 0 Å². The Bertz CT molecular complexity index is 980. The molecule has 0 unspecified atom stereocenters. The number of nitrogens with two attached hydrogens (primary N) is 1. The van der Waals surface area contributed by atoms with E-state index in [2.05, 4.69) is 20.8 Å². The lowest BCUT2D eigenvalue weighted by atomic mass is 9.96. The minimum absolute atomic E-state index is 0.0666. The van der Waals surface area contributed by atoms with Crippen LogP contribution in [0.3, 0.4) is 0 Å². The van der Waals surface area contributed by atoms with E-state index in [4.69, 9.17) is 5.73 Å². The van der Waals surface area contributed by atoms with Crippen LogP contribution in [-0.4, -0.2) is 11.2 Å². The predicted molar refractivity (Wildman–Crippen MR) is 105 cm³/mol. The third-order valence-corrected chi connectivity index (χ3v) is 4.67. The Hall–Kier alpha value is -2.34. The summed E-state index contributed by atoms with van der Waals surface area (Å²) in [5.74, 6) is 0. The Balaban J connectivity index is 2.22. The summed E-state index contributed by atoms with van der Waals surface area (Å²) in [4.78, 5) is 0. The topological polar surface area (TPSA) is 30.9 Å². The zero-order chi connectivity index (χ0) is 20.7. The highest BCUT2D eigenvalue weighted by Crippen LogP contribution is 2.39. The number of hydrogen-bond acceptors (Lipinski definition) is 1. The van der Waals surface area contributed by atoms with Crippen molar-refractivity contribution < 1.29 is 17.6 Å². The summed E-state index contributed by atoms with van der Waals surface area (Å²) in [5, 5.41) is 0.766. The molecule has 0 radical (unpaired) electrons. The average molecular weight is 392 g/mol. The van der Waals surface area contributed by atoms with E-state index in [1.807, 2.05) is 10.8 Å². The molecule has 0 saturated carbocycles. The second-order valence-corrected chi connectivity index (χ2v) is 8.31. The molecule has 6 heteroatoms. The molecule has 0 bridgehead atoms. The molecule has 28 heavy (non-hydrogen) atoms. The highest BCUT2D eigenvalue weighted by Gasteiger charge is 2.33. The molecule has 1 atom stereocenters. The van der Waals surface area contributed by atoms with E-state index in [9.17, 15) is 17.6 Å². The molecule has 0 spiro atoms. The molecule has 150 valence electrons. The second kappa shape index (κ2) is 7.24. The van der Waals surface area contributed by atoms with E-state index in [1.54, 1.807) is 24.3 Å². The summed E-state index contributed by atoms with van der Waals surface area (Å²) < 4.78 is 55.5. The molecular formula is C22H24F4N2. The van der Waals surface area contributed by atoms with Crippen molar-refractivity contribution in [2.75, 3.05) is 6.67 Å². The van der Waals surface area contributed by atoms with Crippen LogP contribution in [0.4, 0.5) is 17.6 Å². The quantitative estimate of drug-likeness (QED) is 0.516. The summed E-state index contributed by atoms with van der Waals surface area (Å²) >= 11 is 0. The van der Waals surface area contributed by atoms with Crippen LogP contribution in [0.15, 0.2) is 48.7 Å². The summed E-state index contributed by atoms with van der Waals surface area (Å²) in [6.07, 6.45) is -2.62. The molecule has 3 aromatic rings. The van der Waals surface area contributed by atoms with Crippen LogP contribution in [-0.2, 0) is 12.7 Å². The van der Waals surface area contributed by atoms with Crippen LogP contribution < -0.4 is 5.73 Å². The van der Waals surface area contributed by atoms with Gasteiger partial charge in [0.25, 0.3) is 0 Å². The molecule has 0 saturated heterocycles. The number of nitrogens with zero attached hydrogens (tertiary/aromatic N) is 1. The van der Waals surface area contributed by atoms with Gasteiger partial charge in [-0.3, -0.25) is 0 Å². The lowest BCUT2D eigenvalue weighted by Gasteiger charge is -2.20. The van der Waals surface area contributed by atoms with E-state index in [0.717, 1.165) is 17.0 Å². The molecule has 3 rings (SSSR count). The lowest BCUT2D eigenvalue weighted by molar-refractivity contribution is -0.137. The number of aromatic nitrogens is 1. The van der Waals surface area contributed by atoms with Gasteiger partial charge in [-0.1, -0.05) is 51.1 Å². The number of alkyl halides is 4. The van der Waals surface area contributed by atoms with E-state index in [1.165, 1.54) is 12.1 Å². The Morgan fingerprint density at radius 3 is 2.32 bits per heavy atom. The van der Waals surface area contributed by atoms with Gasteiger partial charge in [0, 0.05) is 23.6 Å². The van der Waals surface area contributed by atoms with Gasteiger partial charge >= 0.3 is 6.18 Å². The summed E-state index contributed by atoms with van der Waals surface area (Å²) in [6, 6.07) is 9.87. The SMILES string of the molecule is CC(C)(C)Cn1cc([C@H](N)CF)c2ccc(-c3ccccc3C(F)(F)F)cc21. The number of halogens is 4. The first kappa shape index (κ1) is 20.4. The van der Waals surface area contributed by atoms with Gasteiger partial charge in [0.1, 0.15) is 6.67 Å². The number of hydrogen-bond donors (Lipinski definition) is 1. The number of fused-ring (bicyclic) bond motifs is 1. The highest BCUT2D eigenvalue weighted by atomic mass is 19.4. The molecule has 0 fully saturated rings. The van der Waals surface area contributed by atoms with Crippen molar-refractivity contribution in [3.05, 3.63) is 59.8 Å². The van der Waals surface area contributed by atoms with Gasteiger partial charge in [-0.05, 0) is 34.2 Å². The Kier molecular flexibility index (Phi) is 5.28. The number of benzene rings is 2. The standard InChI is InChI=1S/C22H24F4N2/c1-21(2,3)13-28-12-17(19(27)11-23)16-9-8-14(10-20(16)28)15-6-4-5-7-18(15)22(24,25)26/h4-10,12,19H,11,13,27H2,1-3H3/t19-/m1/s1. The third kappa shape index (κ3) is 4.07. The fourth-order valence-corrected chi connectivity index (χ4v) is 3.49. The zero-order valence-electron chi connectivity index (χ0n) is 16.1. The van der Waals surface area contributed by atoms with Gasteiger partial charge in [0.15, 0.2) is 0 Å². The van der Waals surface area contributed by atoms with Crippen molar-refractivity contribution in [3.63, 3.8) is 0 Å². The normalized spacial score (nSPS) is 13.9. The summed E-state index contributed by atoms with van der Waals surface area (Å²) in [7, 11) is 0. The van der Waals surface area contributed by atoms with Crippen molar-refractivity contribution in [1.29, 1.82) is 0 Å². The van der Waals surface area contributed by atoms with Crippen molar-refractivity contribution in [1.82, 2.24) is 4.57 Å². The largest absolute Gasteiger partial charge is 0.417 e. The van der Waals surface area contributed by atoms with Crippen molar-refractivity contribution in [2.45, 2.75) is 39.5 Å². The predicted octanol–water partition coefficient (Wildman–Crippen LogP) is 6.34. The molecular weight excluding hydrogens is 368 g/mol.